The topological polar surface area (TPSA) is 75.0 Å². The third kappa shape index (κ3) is 4.95. The quantitative estimate of drug-likeness (QED) is 0.711. The second-order valence-electron chi connectivity index (χ2n) is 5.80. The summed E-state index contributed by atoms with van der Waals surface area (Å²) in [6.45, 7) is 3.40. The molecule has 9 heteroatoms. The van der Waals surface area contributed by atoms with Crippen LogP contribution in [0.25, 0.3) is 0 Å². The van der Waals surface area contributed by atoms with E-state index in [0.29, 0.717) is 5.69 Å². The largest absolute Gasteiger partial charge is 0.573 e. The van der Waals surface area contributed by atoms with Crippen LogP contribution < -0.4 is 10.1 Å². The number of halogens is 4. The van der Waals surface area contributed by atoms with Crippen molar-refractivity contribution in [1.29, 1.82) is 5.26 Å². The number of carbonyl (C=O) groups excluding carboxylic acids is 1. The van der Waals surface area contributed by atoms with Crippen molar-refractivity contribution in [1.82, 2.24) is 4.98 Å². The van der Waals surface area contributed by atoms with Gasteiger partial charge in [0.05, 0.1) is 22.7 Å². The Kier molecular flexibility index (Phi) is 5.56. The van der Waals surface area contributed by atoms with Crippen LogP contribution in [0.15, 0.2) is 41.0 Å². The van der Waals surface area contributed by atoms with Gasteiger partial charge in [0, 0.05) is 5.69 Å². The first-order chi connectivity index (χ1) is 12.0. The summed E-state index contributed by atoms with van der Waals surface area (Å²) in [5, 5.41) is 11.7. The van der Waals surface area contributed by atoms with Gasteiger partial charge in [-0.25, -0.2) is 4.98 Å². The molecule has 0 aliphatic heterocycles. The van der Waals surface area contributed by atoms with Gasteiger partial charge in [0.1, 0.15) is 10.4 Å². The standard InChI is InChI=1S/C17H13BrF3N3O2/c1-16(2,9-22)13-8-7-12(14(18)24-13)15(25)23-10-3-5-11(6-4-10)26-17(19,20)21/h3-8H,1-2H3,(H,23,25). The van der Waals surface area contributed by atoms with Gasteiger partial charge in [-0.3, -0.25) is 4.79 Å². The minimum absolute atomic E-state index is 0.220. The first-order valence-corrected chi connectivity index (χ1v) is 8.06. The van der Waals surface area contributed by atoms with Crippen LogP contribution in [-0.2, 0) is 5.41 Å². The number of nitrogens with one attached hydrogen (secondary N) is 1. The first kappa shape index (κ1) is 19.7. The number of benzene rings is 1. The van der Waals surface area contributed by atoms with Crippen molar-refractivity contribution in [3.8, 4) is 11.8 Å². The molecule has 0 bridgehead atoms. The van der Waals surface area contributed by atoms with Crippen molar-refractivity contribution in [2.24, 2.45) is 0 Å². The molecule has 0 saturated carbocycles. The second kappa shape index (κ2) is 7.33. The predicted molar refractivity (Wildman–Crippen MR) is 91.7 cm³/mol. The Labute approximate surface area is 155 Å². The molecule has 26 heavy (non-hydrogen) atoms. The molecule has 5 nitrogen and oxygen atoms in total. The van der Waals surface area contributed by atoms with Gasteiger partial charge in [0.25, 0.3) is 5.91 Å². The number of nitrogens with zero attached hydrogens (tertiary/aromatic N) is 2. The van der Waals surface area contributed by atoms with Crippen LogP contribution in [-0.4, -0.2) is 17.3 Å². The van der Waals surface area contributed by atoms with Gasteiger partial charge in [-0.15, -0.1) is 13.2 Å². The highest BCUT2D eigenvalue weighted by Gasteiger charge is 2.31. The van der Waals surface area contributed by atoms with Crippen molar-refractivity contribution in [3.63, 3.8) is 0 Å². The summed E-state index contributed by atoms with van der Waals surface area (Å²) in [7, 11) is 0. The SMILES string of the molecule is CC(C)(C#N)c1ccc(C(=O)Nc2ccc(OC(F)(F)F)cc2)c(Br)n1. The number of amides is 1. The van der Waals surface area contributed by atoms with Crippen LogP contribution in [0.2, 0.25) is 0 Å². The molecule has 0 fully saturated rings. The van der Waals surface area contributed by atoms with Crippen molar-refractivity contribution in [3.05, 3.63) is 52.3 Å². The molecule has 0 spiro atoms. The van der Waals surface area contributed by atoms with Crippen LogP contribution in [0, 0.1) is 11.3 Å². The van der Waals surface area contributed by atoms with Crippen molar-refractivity contribution in [2.45, 2.75) is 25.6 Å². The van der Waals surface area contributed by atoms with Crippen LogP contribution in [0.5, 0.6) is 5.75 Å². The molecule has 136 valence electrons. The lowest BCUT2D eigenvalue weighted by Gasteiger charge is -2.16. The van der Waals surface area contributed by atoms with E-state index in [1.165, 1.54) is 18.2 Å². The number of alkyl halides is 3. The smallest absolute Gasteiger partial charge is 0.406 e. The van der Waals surface area contributed by atoms with Gasteiger partial charge in [-0.1, -0.05) is 0 Å². The van der Waals surface area contributed by atoms with E-state index >= 15 is 0 Å². The summed E-state index contributed by atoms with van der Waals surface area (Å²) >= 11 is 3.20. The molecule has 0 radical (unpaired) electrons. The average Bonchev–Trinajstić information content (AvgIpc) is 2.55. The Morgan fingerprint density at radius 1 is 1.19 bits per heavy atom. The Balaban J connectivity index is 2.14. The molecular formula is C17H13BrF3N3O2. The average molecular weight is 428 g/mol. The molecular weight excluding hydrogens is 415 g/mol. The Morgan fingerprint density at radius 2 is 1.81 bits per heavy atom. The summed E-state index contributed by atoms with van der Waals surface area (Å²) < 4.78 is 40.4. The minimum Gasteiger partial charge on any atom is -0.406 e. The summed E-state index contributed by atoms with van der Waals surface area (Å²) in [4.78, 5) is 16.5. The third-order valence-electron chi connectivity index (χ3n) is 3.36. The fourth-order valence-electron chi connectivity index (χ4n) is 1.95. The normalized spacial score (nSPS) is 11.6. The Morgan fingerprint density at radius 3 is 2.31 bits per heavy atom. The van der Waals surface area contributed by atoms with Crippen LogP contribution in [0.4, 0.5) is 18.9 Å². The fraction of sp³-hybridized carbons (Fsp3) is 0.235. The van der Waals surface area contributed by atoms with E-state index < -0.39 is 17.7 Å². The molecule has 0 aliphatic carbocycles. The number of anilines is 1. The lowest BCUT2D eigenvalue weighted by molar-refractivity contribution is -0.274. The van der Waals surface area contributed by atoms with Gasteiger partial charge in [0.15, 0.2) is 0 Å². The maximum atomic E-state index is 12.3. The molecule has 2 rings (SSSR count). The molecule has 1 N–H and O–H groups in total. The molecule has 0 unspecified atom stereocenters. The molecule has 0 saturated heterocycles. The summed E-state index contributed by atoms with van der Waals surface area (Å²) in [6, 6.07) is 9.96. The molecule has 1 amide bonds. The highest BCUT2D eigenvalue weighted by atomic mass is 79.9. The monoisotopic (exact) mass is 427 g/mol. The predicted octanol–water partition coefficient (Wildman–Crippen LogP) is 4.80. The highest BCUT2D eigenvalue weighted by molar-refractivity contribution is 9.10. The minimum atomic E-state index is -4.78. The fourth-order valence-corrected chi connectivity index (χ4v) is 2.45. The van der Waals surface area contributed by atoms with E-state index in [0.717, 1.165) is 12.1 Å². The van der Waals surface area contributed by atoms with E-state index in [1.807, 2.05) is 0 Å². The van der Waals surface area contributed by atoms with Gasteiger partial charge >= 0.3 is 6.36 Å². The lowest BCUT2D eigenvalue weighted by Crippen LogP contribution is -2.19. The maximum Gasteiger partial charge on any atom is 0.573 e. The summed E-state index contributed by atoms with van der Waals surface area (Å²) in [6.07, 6.45) is -4.78. The van der Waals surface area contributed by atoms with E-state index in [9.17, 15) is 18.0 Å². The number of hydrogen-bond donors (Lipinski definition) is 1. The number of pyridine rings is 1. The van der Waals surface area contributed by atoms with Crippen LogP contribution in [0.1, 0.15) is 29.9 Å². The van der Waals surface area contributed by atoms with Gasteiger partial charge in [-0.05, 0) is 66.2 Å². The van der Waals surface area contributed by atoms with Crippen molar-refractivity contribution < 1.29 is 22.7 Å². The Bertz CT molecular complexity index is 859. The number of nitriles is 1. The summed E-state index contributed by atoms with van der Waals surface area (Å²) in [5.41, 5.74) is 0.194. The number of carbonyl (C=O) groups is 1. The number of rotatable bonds is 4. The van der Waals surface area contributed by atoms with Crippen molar-refractivity contribution in [2.75, 3.05) is 5.32 Å². The van der Waals surface area contributed by atoms with E-state index in [1.54, 1.807) is 19.9 Å². The third-order valence-corrected chi connectivity index (χ3v) is 3.96. The molecule has 2 aromatic rings. The van der Waals surface area contributed by atoms with E-state index in [-0.39, 0.29) is 21.6 Å². The van der Waals surface area contributed by atoms with Gasteiger partial charge in [0.2, 0.25) is 0 Å². The van der Waals surface area contributed by atoms with Gasteiger partial charge < -0.3 is 10.1 Å². The van der Waals surface area contributed by atoms with E-state index in [4.69, 9.17) is 5.26 Å². The number of ether oxygens (including phenoxy) is 1. The Hall–Kier alpha value is -2.60. The maximum absolute atomic E-state index is 12.3. The van der Waals surface area contributed by atoms with Crippen LogP contribution >= 0.6 is 15.9 Å². The molecule has 0 aliphatic rings. The zero-order valence-corrected chi connectivity index (χ0v) is 15.3. The number of hydrogen-bond acceptors (Lipinski definition) is 4. The molecule has 1 aromatic heterocycles. The second-order valence-corrected chi connectivity index (χ2v) is 6.55. The summed E-state index contributed by atoms with van der Waals surface area (Å²) in [5.74, 6) is -0.892. The number of aromatic nitrogens is 1. The first-order valence-electron chi connectivity index (χ1n) is 7.27. The molecule has 1 heterocycles. The zero-order chi connectivity index (χ0) is 19.5. The molecule has 1 aromatic carbocycles. The van der Waals surface area contributed by atoms with Crippen LogP contribution in [0.3, 0.4) is 0 Å². The van der Waals surface area contributed by atoms with Crippen molar-refractivity contribution >= 4 is 27.5 Å². The van der Waals surface area contributed by atoms with E-state index in [2.05, 4.69) is 37.0 Å². The highest BCUT2D eigenvalue weighted by Crippen LogP contribution is 2.26. The van der Waals surface area contributed by atoms with Gasteiger partial charge in [-0.2, -0.15) is 5.26 Å². The lowest BCUT2D eigenvalue weighted by atomic mass is 9.90. The zero-order valence-electron chi connectivity index (χ0n) is 13.7. The molecule has 0 atom stereocenters.